The minimum atomic E-state index is -0.421. The topological polar surface area (TPSA) is 113 Å². The Morgan fingerprint density at radius 2 is 2.16 bits per heavy atom. The molecule has 1 amide bonds. The molecule has 0 unspecified atom stereocenters. The Kier molecular flexibility index (Phi) is 4.84. The van der Waals surface area contributed by atoms with Gasteiger partial charge in [-0.1, -0.05) is 6.07 Å². The summed E-state index contributed by atoms with van der Waals surface area (Å²) in [4.78, 5) is 29.5. The Hall–Kier alpha value is -3.49. The van der Waals surface area contributed by atoms with Crippen LogP contribution in [0.5, 0.6) is 5.75 Å². The Morgan fingerprint density at radius 3 is 2.96 bits per heavy atom. The fraction of sp³-hybridized carbons (Fsp3) is 0.125. The number of H-pyrrole nitrogens is 2. The zero-order valence-corrected chi connectivity index (χ0v) is 13.0. The zero-order chi connectivity index (χ0) is 17.6. The van der Waals surface area contributed by atoms with E-state index in [2.05, 4.69) is 25.5 Å². The van der Waals surface area contributed by atoms with Crippen LogP contribution in [0, 0.1) is 5.82 Å². The molecule has 0 bridgehead atoms. The molecular formula is C16H14FN5O3. The van der Waals surface area contributed by atoms with Gasteiger partial charge in [0.25, 0.3) is 11.5 Å². The summed E-state index contributed by atoms with van der Waals surface area (Å²) in [5.41, 5.74) is 0.865. The SMILES string of the molecule is O=C(NCc1cc(=O)[nH]cn1)c1cc(COc2cccc(F)c2)[nH]n1. The molecular weight excluding hydrogens is 329 g/mol. The third-order valence-electron chi connectivity index (χ3n) is 3.22. The number of rotatable bonds is 6. The van der Waals surface area contributed by atoms with E-state index >= 15 is 0 Å². The van der Waals surface area contributed by atoms with Crippen LogP contribution in [0.3, 0.4) is 0 Å². The van der Waals surface area contributed by atoms with Crippen molar-refractivity contribution in [2.45, 2.75) is 13.2 Å². The number of halogens is 1. The van der Waals surface area contributed by atoms with E-state index in [1.54, 1.807) is 12.1 Å². The molecule has 8 nitrogen and oxygen atoms in total. The average Bonchev–Trinajstić information content (AvgIpc) is 3.07. The van der Waals surface area contributed by atoms with Crippen LogP contribution < -0.4 is 15.6 Å². The van der Waals surface area contributed by atoms with E-state index in [1.165, 1.54) is 30.6 Å². The third-order valence-corrected chi connectivity index (χ3v) is 3.22. The second-order valence-electron chi connectivity index (χ2n) is 5.11. The monoisotopic (exact) mass is 343 g/mol. The molecule has 3 aromatic rings. The number of ether oxygens (including phenoxy) is 1. The van der Waals surface area contributed by atoms with Crippen LogP contribution in [0.15, 0.2) is 47.5 Å². The number of carbonyl (C=O) groups excluding carboxylic acids is 1. The van der Waals surface area contributed by atoms with E-state index in [1.807, 2.05) is 0 Å². The predicted molar refractivity (Wildman–Crippen MR) is 85.3 cm³/mol. The Labute approximate surface area is 141 Å². The van der Waals surface area contributed by atoms with Crippen molar-refractivity contribution in [1.82, 2.24) is 25.5 Å². The van der Waals surface area contributed by atoms with Gasteiger partial charge in [0, 0.05) is 12.1 Å². The van der Waals surface area contributed by atoms with Crippen molar-refractivity contribution in [2.24, 2.45) is 0 Å². The lowest BCUT2D eigenvalue weighted by Crippen LogP contribution is -2.24. The Bertz CT molecular complexity index is 937. The van der Waals surface area contributed by atoms with Crippen molar-refractivity contribution in [3.05, 3.63) is 76.0 Å². The van der Waals surface area contributed by atoms with E-state index in [0.717, 1.165) is 0 Å². The molecule has 3 N–H and O–H groups in total. The van der Waals surface area contributed by atoms with Crippen LogP contribution in [0.2, 0.25) is 0 Å². The van der Waals surface area contributed by atoms with E-state index in [9.17, 15) is 14.0 Å². The van der Waals surface area contributed by atoms with Crippen LogP contribution in [0.4, 0.5) is 4.39 Å². The fourth-order valence-electron chi connectivity index (χ4n) is 2.04. The van der Waals surface area contributed by atoms with Crippen LogP contribution in [0.25, 0.3) is 0 Å². The molecule has 0 spiro atoms. The summed E-state index contributed by atoms with van der Waals surface area (Å²) in [5, 5.41) is 9.18. The molecule has 3 rings (SSSR count). The number of hydrogen-bond acceptors (Lipinski definition) is 5. The summed E-state index contributed by atoms with van der Waals surface area (Å²) >= 11 is 0. The number of benzene rings is 1. The normalized spacial score (nSPS) is 10.4. The van der Waals surface area contributed by atoms with Gasteiger partial charge in [-0.3, -0.25) is 14.7 Å². The average molecular weight is 343 g/mol. The standard InChI is InChI=1S/C16H14FN5O3/c17-10-2-1-3-13(4-10)25-8-12-5-14(22-21-12)16(24)18-7-11-6-15(23)20-9-19-11/h1-6,9H,7-8H2,(H,18,24)(H,21,22)(H,19,20,23). The number of carbonyl (C=O) groups is 1. The smallest absolute Gasteiger partial charge is 0.272 e. The summed E-state index contributed by atoms with van der Waals surface area (Å²) in [6, 6.07) is 8.57. The van der Waals surface area contributed by atoms with Gasteiger partial charge in [-0.2, -0.15) is 5.10 Å². The van der Waals surface area contributed by atoms with Gasteiger partial charge in [-0.05, 0) is 18.2 Å². The minimum Gasteiger partial charge on any atom is -0.487 e. The number of nitrogens with zero attached hydrogens (tertiary/aromatic N) is 2. The molecule has 1 aromatic carbocycles. The number of amides is 1. The van der Waals surface area contributed by atoms with Crippen molar-refractivity contribution in [2.75, 3.05) is 0 Å². The lowest BCUT2D eigenvalue weighted by molar-refractivity contribution is 0.0945. The van der Waals surface area contributed by atoms with E-state index in [0.29, 0.717) is 17.1 Å². The molecule has 0 fully saturated rings. The molecule has 128 valence electrons. The van der Waals surface area contributed by atoms with Gasteiger partial charge < -0.3 is 15.0 Å². The number of hydrogen-bond donors (Lipinski definition) is 3. The van der Waals surface area contributed by atoms with Crippen molar-refractivity contribution in [3.63, 3.8) is 0 Å². The molecule has 2 heterocycles. The summed E-state index contributed by atoms with van der Waals surface area (Å²) in [7, 11) is 0. The molecule has 0 aliphatic heterocycles. The Balaban J connectivity index is 1.55. The van der Waals surface area contributed by atoms with Crippen LogP contribution in [-0.4, -0.2) is 26.1 Å². The number of aromatic nitrogens is 4. The van der Waals surface area contributed by atoms with E-state index < -0.39 is 11.7 Å². The lowest BCUT2D eigenvalue weighted by atomic mass is 10.3. The third kappa shape index (κ3) is 4.50. The molecule has 0 saturated carbocycles. The maximum absolute atomic E-state index is 13.1. The van der Waals surface area contributed by atoms with Crippen LogP contribution >= 0.6 is 0 Å². The van der Waals surface area contributed by atoms with Crippen LogP contribution in [0.1, 0.15) is 21.9 Å². The Morgan fingerprint density at radius 1 is 1.28 bits per heavy atom. The number of nitrogens with one attached hydrogen (secondary N) is 3. The second-order valence-corrected chi connectivity index (χ2v) is 5.11. The molecule has 0 aliphatic carbocycles. The minimum absolute atomic E-state index is 0.102. The molecule has 0 aliphatic rings. The molecule has 2 aromatic heterocycles. The molecule has 0 atom stereocenters. The van der Waals surface area contributed by atoms with Gasteiger partial charge in [-0.15, -0.1) is 0 Å². The predicted octanol–water partition coefficient (Wildman–Crippen LogP) is 1.14. The van der Waals surface area contributed by atoms with Gasteiger partial charge in [0.2, 0.25) is 0 Å². The van der Waals surface area contributed by atoms with Crippen molar-refractivity contribution in [1.29, 1.82) is 0 Å². The first kappa shape index (κ1) is 16.4. The molecule has 9 heteroatoms. The molecule has 0 saturated heterocycles. The highest BCUT2D eigenvalue weighted by Crippen LogP contribution is 2.13. The van der Waals surface area contributed by atoms with E-state index in [-0.39, 0.29) is 24.4 Å². The lowest BCUT2D eigenvalue weighted by Gasteiger charge is -2.03. The van der Waals surface area contributed by atoms with E-state index in [4.69, 9.17) is 4.74 Å². The first-order valence-corrected chi connectivity index (χ1v) is 7.34. The van der Waals surface area contributed by atoms with Crippen molar-refractivity contribution in [3.8, 4) is 5.75 Å². The summed E-state index contributed by atoms with van der Waals surface area (Å²) < 4.78 is 18.5. The first-order valence-electron chi connectivity index (χ1n) is 7.34. The highest BCUT2D eigenvalue weighted by atomic mass is 19.1. The summed E-state index contributed by atoms with van der Waals surface area (Å²) in [5.74, 6) is -0.438. The van der Waals surface area contributed by atoms with Gasteiger partial charge in [0.15, 0.2) is 0 Å². The second kappa shape index (κ2) is 7.39. The van der Waals surface area contributed by atoms with Gasteiger partial charge in [0.1, 0.15) is 23.9 Å². The highest BCUT2D eigenvalue weighted by Gasteiger charge is 2.11. The largest absolute Gasteiger partial charge is 0.487 e. The van der Waals surface area contributed by atoms with Gasteiger partial charge >= 0.3 is 0 Å². The van der Waals surface area contributed by atoms with Gasteiger partial charge in [-0.25, -0.2) is 9.37 Å². The maximum Gasteiger partial charge on any atom is 0.272 e. The van der Waals surface area contributed by atoms with Crippen LogP contribution in [-0.2, 0) is 13.2 Å². The summed E-state index contributed by atoms with van der Waals surface area (Å²) in [6.45, 7) is 0.212. The quantitative estimate of drug-likeness (QED) is 0.621. The first-order chi connectivity index (χ1) is 12.1. The fourth-order valence-corrected chi connectivity index (χ4v) is 2.04. The van der Waals surface area contributed by atoms with Gasteiger partial charge in [0.05, 0.1) is 24.3 Å². The highest BCUT2D eigenvalue weighted by molar-refractivity contribution is 5.92. The number of aromatic amines is 2. The summed E-state index contributed by atoms with van der Waals surface area (Å²) in [6.07, 6.45) is 1.26. The molecule has 25 heavy (non-hydrogen) atoms. The molecule has 0 radical (unpaired) electrons. The zero-order valence-electron chi connectivity index (χ0n) is 13.0. The maximum atomic E-state index is 13.1. The van der Waals surface area contributed by atoms with Crippen molar-refractivity contribution >= 4 is 5.91 Å². The van der Waals surface area contributed by atoms with Crippen molar-refractivity contribution < 1.29 is 13.9 Å².